The second-order valence-electron chi connectivity index (χ2n) is 4.27. The van der Waals surface area contributed by atoms with Crippen molar-refractivity contribution < 1.29 is 25.1 Å². The summed E-state index contributed by atoms with van der Waals surface area (Å²) in [4.78, 5) is 10.9. The van der Waals surface area contributed by atoms with Crippen molar-refractivity contribution in [1.82, 2.24) is 5.32 Å². The normalized spacial score (nSPS) is 29.3. The maximum absolute atomic E-state index is 10.9. The van der Waals surface area contributed by atoms with E-state index in [0.29, 0.717) is 19.3 Å². The lowest BCUT2D eigenvalue weighted by Gasteiger charge is -2.14. The number of rotatable bonds is 6. The Kier molecular flexibility index (Phi) is 5.20. The number of carboxylic acid groups (broad SMARTS) is 1. The molecule has 16 heavy (non-hydrogen) atoms. The fourth-order valence-corrected chi connectivity index (χ4v) is 2.21. The molecule has 0 radical (unpaired) electrons. The zero-order valence-corrected chi connectivity index (χ0v) is 9.04. The monoisotopic (exact) mass is 231 g/mol. The fraction of sp³-hybridized carbons (Fsp3) is 0.889. The van der Waals surface area contributed by atoms with Crippen molar-refractivity contribution in [3.8, 4) is 0 Å². The van der Waals surface area contributed by atoms with Crippen LogP contribution in [0.4, 0.5) is 0 Å². The molecule has 0 bridgehead atoms. The van der Waals surface area contributed by atoms with Gasteiger partial charge in [-0.25, -0.2) is 0 Å². The van der Waals surface area contributed by atoms with E-state index in [-0.39, 0.29) is 24.9 Å². The molecule has 5 N–H and O–H groups in total. The van der Waals surface area contributed by atoms with Crippen LogP contribution in [0.15, 0.2) is 0 Å². The summed E-state index contributed by atoms with van der Waals surface area (Å²) >= 11 is 0. The van der Waals surface area contributed by atoms with E-state index < -0.39 is 19.1 Å². The number of hydrogen-bond acceptors (Lipinski definition) is 5. The Hall–Kier alpha value is -0.625. The van der Waals surface area contributed by atoms with Gasteiger partial charge in [-0.15, -0.1) is 0 Å². The van der Waals surface area contributed by atoms with Crippen molar-refractivity contribution in [2.24, 2.45) is 5.92 Å². The topological polar surface area (TPSA) is 110 Å². The van der Waals surface area contributed by atoms with E-state index in [4.69, 9.17) is 20.3 Å². The van der Waals surface area contributed by atoms with Crippen LogP contribution in [-0.2, 0) is 4.79 Å². The van der Waals surface area contributed by atoms with Crippen LogP contribution in [0.5, 0.6) is 0 Å². The summed E-state index contributed by atoms with van der Waals surface area (Å²) in [5.41, 5.74) is 0. The summed E-state index contributed by atoms with van der Waals surface area (Å²) in [5.74, 6) is -0.959. The van der Waals surface area contributed by atoms with Gasteiger partial charge in [-0.3, -0.25) is 10.1 Å². The lowest BCUT2D eigenvalue weighted by molar-refractivity contribution is -0.140. The summed E-state index contributed by atoms with van der Waals surface area (Å²) in [6.45, 7) is -0.0666. The number of aliphatic carboxylic acids is 1. The molecule has 1 rings (SSSR count). The Labute approximate surface area is 94.4 Å². The first-order chi connectivity index (χ1) is 7.54. The Morgan fingerprint density at radius 1 is 1.44 bits per heavy atom. The fourth-order valence-electron chi connectivity index (χ4n) is 2.21. The van der Waals surface area contributed by atoms with Gasteiger partial charge in [0, 0.05) is 6.04 Å². The number of carbonyl (C=O) groups is 1. The van der Waals surface area contributed by atoms with Gasteiger partial charge in [0.15, 0.2) is 0 Å². The van der Waals surface area contributed by atoms with Crippen LogP contribution in [0.3, 0.4) is 0 Å². The van der Waals surface area contributed by atoms with Crippen LogP contribution >= 0.6 is 0 Å². The third kappa shape index (κ3) is 3.75. The van der Waals surface area contributed by atoms with Gasteiger partial charge in [-0.05, 0) is 25.1 Å². The smallest absolute Gasteiger partial charge is 0.451 e. The molecule has 1 heterocycles. The molecule has 0 aromatic heterocycles. The molecule has 0 aromatic rings. The molecule has 1 aliphatic rings. The van der Waals surface area contributed by atoms with Crippen LogP contribution < -0.4 is 5.32 Å². The predicted molar refractivity (Wildman–Crippen MR) is 57.8 cm³/mol. The molecule has 3 unspecified atom stereocenters. The van der Waals surface area contributed by atoms with Crippen molar-refractivity contribution in [1.29, 1.82) is 0 Å². The number of aliphatic hydroxyl groups excluding tert-OH is 1. The lowest BCUT2D eigenvalue weighted by atomic mass is 9.81. The lowest BCUT2D eigenvalue weighted by Crippen LogP contribution is -2.39. The van der Waals surface area contributed by atoms with Gasteiger partial charge < -0.3 is 20.3 Å². The van der Waals surface area contributed by atoms with E-state index in [1.807, 2.05) is 0 Å². The molecule has 0 spiro atoms. The first-order valence-electron chi connectivity index (χ1n) is 5.50. The quantitative estimate of drug-likeness (QED) is 0.362. The molecule has 0 aliphatic carbocycles. The van der Waals surface area contributed by atoms with Crippen LogP contribution in [0, 0.1) is 5.92 Å². The molecule has 1 saturated heterocycles. The summed E-state index contributed by atoms with van der Waals surface area (Å²) in [5, 5.41) is 38.1. The Morgan fingerprint density at radius 3 is 2.62 bits per heavy atom. The molecule has 0 aromatic carbocycles. The molecule has 7 heteroatoms. The van der Waals surface area contributed by atoms with Crippen molar-refractivity contribution in [2.45, 2.75) is 37.7 Å². The minimum absolute atomic E-state index is 0.0478. The Bertz CT molecular complexity index is 238. The Balaban J connectivity index is 2.40. The molecule has 3 atom stereocenters. The Morgan fingerprint density at radius 2 is 2.12 bits per heavy atom. The van der Waals surface area contributed by atoms with Crippen LogP contribution in [-0.4, -0.2) is 52.0 Å². The number of nitrogens with one attached hydrogen (secondary N) is 1. The first-order valence-corrected chi connectivity index (χ1v) is 5.50. The largest absolute Gasteiger partial charge is 0.480 e. The maximum atomic E-state index is 10.9. The van der Waals surface area contributed by atoms with Crippen molar-refractivity contribution in [3.63, 3.8) is 0 Å². The highest BCUT2D eigenvalue weighted by atomic mass is 16.4. The number of aliphatic hydroxyl groups is 1. The highest BCUT2D eigenvalue weighted by Gasteiger charge is 2.37. The highest BCUT2D eigenvalue weighted by Crippen LogP contribution is 2.26. The number of hydrogen-bond donors (Lipinski definition) is 5. The van der Waals surface area contributed by atoms with Crippen LogP contribution in [0.1, 0.15) is 19.3 Å². The third-order valence-electron chi connectivity index (χ3n) is 3.00. The summed E-state index contributed by atoms with van der Waals surface area (Å²) in [7, 11) is -1.33. The van der Waals surface area contributed by atoms with Gasteiger partial charge in [0.05, 0.1) is 6.61 Å². The average Bonchev–Trinajstić information content (AvgIpc) is 2.60. The molecule has 92 valence electrons. The minimum Gasteiger partial charge on any atom is -0.480 e. The van der Waals surface area contributed by atoms with Gasteiger partial charge in [-0.1, -0.05) is 6.42 Å². The van der Waals surface area contributed by atoms with E-state index in [2.05, 4.69) is 5.32 Å². The molecule has 1 fully saturated rings. The van der Waals surface area contributed by atoms with Crippen LogP contribution in [0.2, 0.25) is 6.32 Å². The second kappa shape index (κ2) is 6.19. The highest BCUT2D eigenvalue weighted by molar-refractivity contribution is 6.40. The van der Waals surface area contributed by atoms with Gasteiger partial charge in [0.25, 0.3) is 0 Å². The average molecular weight is 231 g/mol. The second-order valence-corrected chi connectivity index (χ2v) is 4.27. The summed E-state index contributed by atoms with van der Waals surface area (Å²) in [6, 6.07) is -0.793. The van der Waals surface area contributed by atoms with Gasteiger partial charge in [-0.2, -0.15) is 0 Å². The standard InChI is InChI=1S/C9H18BNO5/c12-5-7-4-6(2-1-3-10(15)16)8(11-7)9(13)14/h6-8,11-12,15-16H,1-5H2,(H,13,14). The first kappa shape index (κ1) is 13.4. The van der Waals surface area contributed by atoms with Crippen molar-refractivity contribution in [2.75, 3.05) is 6.61 Å². The van der Waals surface area contributed by atoms with E-state index in [1.165, 1.54) is 0 Å². The number of carboxylic acids is 1. The zero-order valence-electron chi connectivity index (χ0n) is 9.04. The molecule has 0 saturated carbocycles. The van der Waals surface area contributed by atoms with Crippen molar-refractivity contribution in [3.05, 3.63) is 0 Å². The van der Waals surface area contributed by atoms with Crippen LogP contribution in [0.25, 0.3) is 0 Å². The molecular formula is C9H18BNO5. The maximum Gasteiger partial charge on any atom is 0.451 e. The zero-order chi connectivity index (χ0) is 12.1. The minimum atomic E-state index is -1.33. The van der Waals surface area contributed by atoms with Gasteiger partial charge >= 0.3 is 13.1 Å². The van der Waals surface area contributed by atoms with E-state index >= 15 is 0 Å². The molecular weight excluding hydrogens is 213 g/mol. The molecule has 0 amide bonds. The van der Waals surface area contributed by atoms with Gasteiger partial charge in [0.1, 0.15) is 6.04 Å². The molecule has 6 nitrogen and oxygen atoms in total. The van der Waals surface area contributed by atoms with Gasteiger partial charge in [0.2, 0.25) is 0 Å². The third-order valence-corrected chi connectivity index (χ3v) is 3.00. The van der Waals surface area contributed by atoms with E-state index in [0.717, 1.165) is 0 Å². The summed E-state index contributed by atoms with van der Waals surface area (Å²) < 4.78 is 0. The summed E-state index contributed by atoms with van der Waals surface area (Å²) in [6.07, 6.45) is 2.08. The van der Waals surface area contributed by atoms with Crippen molar-refractivity contribution >= 4 is 13.1 Å². The van der Waals surface area contributed by atoms with E-state index in [9.17, 15) is 4.79 Å². The molecule has 1 aliphatic heterocycles. The SMILES string of the molecule is O=C(O)C1NC(CO)CC1CCCB(O)O. The predicted octanol–water partition coefficient (Wildman–Crippen LogP) is -1.34. The van der Waals surface area contributed by atoms with E-state index in [1.54, 1.807) is 0 Å².